The summed E-state index contributed by atoms with van der Waals surface area (Å²) in [6.07, 6.45) is 0. The van der Waals surface area contributed by atoms with E-state index in [0.717, 1.165) is 5.56 Å². The highest BCUT2D eigenvalue weighted by Gasteiger charge is 2.20. The van der Waals surface area contributed by atoms with Crippen LogP contribution in [0.15, 0.2) is 47.4 Å². The van der Waals surface area contributed by atoms with Crippen LogP contribution in [0.5, 0.6) is 0 Å². The van der Waals surface area contributed by atoms with Crippen LogP contribution in [0.25, 0.3) is 0 Å². The predicted molar refractivity (Wildman–Crippen MR) is 72.9 cm³/mol. The average Bonchev–Trinajstić information content (AvgIpc) is 2.35. The quantitative estimate of drug-likeness (QED) is 0.879. The molecule has 5 heteroatoms. The summed E-state index contributed by atoms with van der Waals surface area (Å²) in [6, 6.07) is 10.6. The molecular weight excluding hydrogens is 265 g/mol. The van der Waals surface area contributed by atoms with Gasteiger partial charge < -0.3 is 5.73 Å². The second kappa shape index (κ2) is 5.01. The van der Waals surface area contributed by atoms with E-state index in [0.29, 0.717) is 0 Å². The van der Waals surface area contributed by atoms with Crippen LogP contribution < -0.4 is 5.73 Å². The van der Waals surface area contributed by atoms with E-state index < -0.39 is 21.4 Å². The topological polar surface area (TPSA) is 60.2 Å². The largest absolute Gasteiger partial charge is 0.398 e. The Hall–Kier alpha value is -1.88. The van der Waals surface area contributed by atoms with Crippen LogP contribution in [0.4, 0.5) is 10.1 Å². The Balaban J connectivity index is 2.44. The molecule has 100 valence electrons. The minimum atomic E-state index is -3.65. The van der Waals surface area contributed by atoms with E-state index in [4.69, 9.17) is 5.73 Å². The fraction of sp³-hybridized carbons (Fsp3) is 0.143. The van der Waals surface area contributed by atoms with Crippen molar-refractivity contribution in [2.75, 3.05) is 5.73 Å². The zero-order valence-electron chi connectivity index (χ0n) is 10.4. The van der Waals surface area contributed by atoms with Gasteiger partial charge in [-0.3, -0.25) is 0 Å². The third-order valence-corrected chi connectivity index (χ3v) is 4.52. The molecule has 0 amide bonds. The van der Waals surface area contributed by atoms with Gasteiger partial charge in [-0.1, -0.05) is 24.3 Å². The minimum Gasteiger partial charge on any atom is -0.398 e. The molecule has 2 aromatic carbocycles. The molecule has 0 spiro atoms. The monoisotopic (exact) mass is 279 g/mol. The van der Waals surface area contributed by atoms with Crippen molar-refractivity contribution in [3.05, 3.63) is 59.4 Å². The Morgan fingerprint density at radius 3 is 2.53 bits per heavy atom. The summed E-state index contributed by atoms with van der Waals surface area (Å²) in [7, 11) is -3.65. The van der Waals surface area contributed by atoms with Gasteiger partial charge in [-0.15, -0.1) is 0 Å². The standard InChI is InChI=1S/C14H14FNO2S/c1-10-6-7-13(16)14(8-10)19(17,18)9-11-4-2-3-5-12(11)15/h2-8H,9,16H2,1H3. The van der Waals surface area contributed by atoms with Gasteiger partial charge in [-0.25, -0.2) is 12.8 Å². The molecule has 0 fully saturated rings. The first kappa shape index (κ1) is 13.5. The first-order valence-corrected chi connectivity index (χ1v) is 7.37. The number of nitrogen functional groups attached to an aromatic ring is 1. The van der Waals surface area contributed by atoms with Crippen LogP contribution in [0.3, 0.4) is 0 Å². The molecule has 2 N–H and O–H groups in total. The fourth-order valence-electron chi connectivity index (χ4n) is 1.81. The van der Waals surface area contributed by atoms with Crippen LogP contribution in [-0.2, 0) is 15.6 Å². The third kappa shape index (κ3) is 2.93. The van der Waals surface area contributed by atoms with E-state index in [9.17, 15) is 12.8 Å². The molecule has 0 saturated heterocycles. The molecule has 2 rings (SSSR count). The van der Waals surface area contributed by atoms with Crippen LogP contribution in [0, 0.1) is 12.7 Å². The number of benzene rings is 2. The molecule has 0 bridgehead atoms. The Labute approximate surface area is 111 Å². The number of anilines is 1. The summed E-state index contributed by atoms with van der Waals surface area (Å²) in [5, 5.41) is 0. The van der Waals surface area contributed by atoms with Gasteiger partial charge in [0.05, 0.1) is 16.3 Å². The molecule has 0 aliphatic heterocycles. The highest BCUT2D eigenvalue weighted by molar-refractivity contribution is 7.90. The second-order valence-corrected chi connectivity index (χ2v) is 6.35. The summed E-state index contributed by atoms with van der Waals surface area (Å²) in [5.74, 6) is -0.926. The molecule has 19 heavy (non-hydrogen) atoms. The van der Waals surface area contributed by atoms with E-state index in [2.05, 4.69) is 0 Å². The van der Waals surface area contributed by atoms with Crippen LogP contribution in [0.2, 0.25) is 0 Å². The van der Waals surface area contributed by atoms with Gasteiger partial charge in [0.1, 0.15) is 5.82 Å². The summed E-state index contributed by atoms with van der Waals surface area (Å²) in [6.45, 7) is 1.78. The van der Waals surface area contributed by atoms with E-state index in [1.54, 1.807) is 25.1 Å². The zero-order chi connectivity index (χ0) is 14.0. The summed E-state index contributed by atoms with van der Waals surface area (Å²) >= 11 is 0. The van der Waals surface area contributed by atoms with Crippen molar-refractivity contribution in [1.82, 2.24) is 0 Å². The van der Waals surface area contributed by atoms with Gasteiger partial charge in [-0.05, 0) is 30.7 Å². The number of hydrogen-bond acceptors (Lipinski definition) is 3. The van der Waals surface area contributed by atoms with Crippen molar-refractivity contribution in [3.8, 4) is 0 Å². The van der Waals surface area contributed by atoms with Crippen LogP contribution >= 0.6 is 0 Å². The Morgan fingerprint density at radius 2 is 1.84 bits per heavy atom. The number of nitrogens with two attached hydrogens (primary N) is 1. The molecule has 0 saturated carbocycles. The predicted octanol–water partition coefficient (Wildman–Crippen LogP) is 2.69. The lowest BCUT2D eigenvalue weighted by Gasteiger charge is -2.09. The van der Waals surface area contributed by atoms with Crippen molar-refractivity contribution in [3.63, 3.8) is 0 Å². The normalized spacial score (nSPS) is 11.5. The van der Waals surface area contributed by atoms with E-state index >= 15 is 0 Å². The van der Waals surface area contributed by atoms with E-state index in [1.165, 1.54) is 24.3 Å². The van der Waals surface area contributed by atoms with Crippen molar-refractivity contribution in [1.29, 1.82) is 0 Å². The Morgan fingerprint density at radius 1 is 1.16 bits per heavy atom. The molecule has 0 aromatic heterocycles. The van der Waals surface area contributed by atoms with Gasteiger partial charge in [0.2, 0.25) is 0 Å². The smallest absolute Gasteiger partial charge is 0.184 e. The van der Waals surface area contributed by atoms with Gasteiger partial charge in [0, 0.05) is 5.56 Å². The lowest BCUT2D eigenvalue weighted by molar-refractivity contribution is 0.587. The lowest BCUT2D eigenvalue weighted by atomic mass is 10.2. The fourth-order valence-corrected chi connectivity index (χ4v) is 3.40. The molecule has 0 radical (unpaired) electrons. The SMILES string of the molecule is Cc1ccc(N)c(S(=O)(=O)Cc2ccccc2F)c1. The average molecular weight is 279 g/mol. The van der Waals surface area contributed by atoms with Crippen LogP contribution in [0.1, 0.15) is 11.1 Å². The molecule has 0 heterocycles. The zero-order valence-corrected chi connectivity index (χ0v) is 11.2. The number of rotatable bonds is 3. The highest BCUT2D eigenvalue weighted by Crippen LogP contribution is 2.24. The second-order valence-electron chi connectivity index (χ2n) is 4.39. The van der Waals surface area contributed by atoms with Crippen molar-refractivity contribution >= 4 is 15.5 Å². The number of sulfone groups is 1. The number of hydrogen-bond donors (Lipinski definition) is 1. The summed E-state index contributed by atoms with van der Waals surface area (Å²) in [5.41, 5.74) is 6.81. The number of halogens is 1. The molecule has 0 unspecified atom stereocenters. The maximum absolute atomic E-state index is 13.5. The number of aryl methyl sites for hydroxylation is 1. The van der Waals surface area contributed by atoms with Crippen molar-refractivity contribution in [2.45, 2.75) is 17.6 Å². The molecule has 0 aliphatic carbocycles. The van der Waals surface area contributed by atoms with Gasteiger partial charge in [0.25, 0.3) is 0 Å². The summed E-state index contributed by atoms with van der Waals surface area (Å²) < 4.78 is 38.1. The van der Waals surface area contributed by atoms with Crippen molar-refractivity contribution < 1.29 is 12.8 Å². The van der Waals surface area contributed by atoms with Gasteiger partial charge in [-0.2, -0.15) is 0 Å². The maximum Gasteiger partial charge on any atom is 0.184 e. The Bertz CT molecular complexity index is 711. The summed E-state index contributed by atoms with van der Waals surface area (Å²) in [4.78, 5) is 0.0516. The van der Waals surface area contributed by atoms with Gasteiger partial charge in [0.15, 0.2) is 9.84 Å². The van der Waals surface area contributed by atoms with Gasteiger partial charge >= 0.3 is 0 Å². The first-order chi connectivity index (χ1) is 8.90. The highest BCUT2D eigenvalue weighted by atomic mass is 32.2. The first-order valence-electron chi connectivity index (χ1n) is 5.72. The third-order valence-electron chi connectivity index (χ3n) is 2.81. The lowest BCUT2D eigenvalue weighted by Crippen LogP contribution is -2.09. The minimum absolute atomic E-state index is 0.0516. The molecule has 0 aliphatic rings. The maximum atomic E-state index is 13.5. The van der Waals surface area contributed by atoms with E-state index in [-0.39, 0.29) is 16.1 Å². The Kier molecular flexibility index (Phi) is 3.57. The molecule has 2 aromatic rings. The molecule has 0 atom stereocenters. The van der Waals surface area contributed by atoms with E-state index in [1.807, 2.05) is 0 Å². The van der Waals surface area contributed by atoms with Crippen molar-refractivity contribution in [2.24, 2.45) is 0 Å². The van der Waals surface area contributed by atoms with Crippen LogP contribution in [-0.4, -0.2) is 8.42 Å². The molecular formula is C14H14FNO2S. The molecule has 3 nitrogen and oxygen atoms in total.